The molecule has 0 radical (unpaired) electrons. The standard InChI is InChI=1S/C23H16N2O3S/c26-21(24-17-8-6-16-13-28-23(27)18(16)11-17)12-22-25-19-9-7-15(10-20(19)29-22)14-4-2-1-3-5-14/h1-11H,12-13H2,(H,24,26). The summed E-state index contributed by atoms with van der Waals surface area (Å²) in [6.07, 6.45) is 0.182. The summed E-state index contributed by atoms with van der Waals surface area (Å²) in [6.45, 7) is 0.291. The molecule has 0 fully saturated rings. The third-order valence-corrected chi connectivity index (χ3v) is 5.84. The van der Waals surface area contributed by atoms with Crippen molar-refractivity contribution in [2.75, 3.05) is 5.32 Å². The maximum Gasteiger partial charge on any atom is 0.338 e. The van der Waals surface area contributed by atoms with Gasteiger partial charge in [-0.1, -0.05) is 42.5 Å². The lowest BCUT2D eigenvalue weighted by Crippen LogP contribution is -2.14. The van der Waals surface area contributed by atoms with E-state index in [-0.39, 0.29) is 18.3 Å². The molecule has 4 aromatic rings. The van der Waals surface area contributed by atoms with Gasteiger partial charge in [0.2, 0.25) is 5.91 Å². The molecule has 1 aliphatic rings. The summed E-state index contributed by atoms with van der Waals surface area (Å²) in [4.78, 5) is 28.7. The maximum absolute atomic E-state index is 12.5. The fourth-order valence-electron chi connectivity index (χ4n) is 3.39. The highest BCUT2D eigenvalue weighted by atomic mass is 32.1. The largest absolute Gasteiger partial charge is 0.457 e. The van der Waals surface area contributed by atoms with E-state index in [1.54, 1.807) is 18.2 Å². The summed E-state index contributed by atoms with van der Waals surface area (Å²) in [6, 6.07) is 21.6. The van der Waals surface area contributed by atoms with Gasteiger partial charge in [0.15, 0.2) is 0 Å². The van der Waals surface area contributed by atoms with Crippen LogP contribution in [0.2, 0.25) is 0 Å². The number of hydrogen-bond donors (Lipinski definition) is 1. The molecule has 0 saturated carbocycles. The second-order valence-electron chi connectivity index (χ2n) is 6.83. The molecule has 0 bridgehead atoms. The molecule has 5 rings (SSSR count). The van der Waals surface area contributed by atoms with Crippen LogP contribution in [0.4, 0.5) is 5.69 Å². The summed E-state index contributed by atoms with van der Waals surface area (Å²) in [5.41, 5.74) is 5.10. The third-order valence-electron chi connectivity index (χ3n) is 4.82. The van der Waals surface area contributed by atoms with Gasteiger partial charge in [0.05, 0.1) is 22.2 Å². The number of carbonyl (C=O) groups excluding carboxylic acids is 2. The highest BCUT2D eigenvalue weighted by Crippen LogP contribution is 2.29. The van der Waals surface area contributed by atoms with Gasteiger partial charge in [0, 0.05) is 11.3 Å². The summed E-state index contributed by atoms with van der Waals surface area (Å²) < 4.78 is 6.04. The van der Waals surface area contributed by atoms with Crippen LogP contribution in [0.5, 0.6) is 0 Å². The minimum Gasteiger partial charge on any atom is -0.457 e. The van der Waals surface area contributed by atoms with Crippen LogP contribution in [-0.2, 0) is 22.6 Å². The van der Waals surface area contributed by atoms with Gasteiger partial charge < -0.3 is 10.1 Å². The van der Waals surface area contributed by atoms with E-state index in [1.165, 1.54) is 11.3 Å². The minimum atomic E-state index is -0.350. The van der Waals surface area contributed by atoms with Crippen molar-refractivity contribution in [2.45, 2.75) is 13.0 Å². The average molecular weight is 400 g/mol. The molecule has 0 spiro atoms. The number of esters is 1. The van der Waals surface area contributed by atoms with Gasteiger partial charge in [0.1, 0.15) is 11.6 Å². The zero-order chi connectivity index (χ0) is 19.8. The van der Waals surface area contributed by atoms with Crippen LogP contribution in [-0.4, -0.2) is 16.9 Å². The predicted octanol–water partition coefficient (Wildman–Crippen LogP) is 4.81. The number of cyclic esters (lactones) is 1. The van der Waals surface area contributed by atoms with Crippen molar-refractivity contribution >= 4 is 39.1 Å². The van der Waals surface area contributed by atoms with E-state index in [1.807, 2.05) is 30.3 Å². The van der Waals surface area contributed by atoms with Crippen LogP contribution < -0.4 is 5.32 Å². The highest BCUT2D eigenvalue weighted by molar-refractivity contribution is 7.18. The lowest BCUT2D eigenvalue weighted by atomic mass is 10.1. The van der Waals surface area contributed by atoms with Crippen molar-refractivity contribution in [1.29, 1.82) is 0 Å². The van der Waals surface area contributed by atoms with Crippen molar-refractivity contribution < 1.29 is 14.3 Å². The third kappa shape index (κ3) is 3.50. The number of nitrogens with one attached hydrogen (secondary N) is 1. The summed E-state index contributed by atoms with van der Waals surface area (Å²) in [7, 11) is 0. The van der Waals surface area contributed by atoms with E-state index in [0.29, 0.717) is 17.9 Å². The minimum absolute atomic E-state index is 0.168. The number of carbonyl (C=O) groups is 2. The topological polar surface area (TPSA) is 68.3 Å². The second-order valence-corrected chi connectivity index (χ2v) is 7.94. The van der Waals surface area contributed by atoms with Gasteiger partial charge in [-0.05, 0) is 35.4 Å². The smallest absolute Gasteiger partial charge is 0.338 e. The number of fused-ring (bicyclic) bond motifs is 2. The molecule has 0 aliphatic carbocycles. The van der Waals surface area contributed by atoms with Gasteiger partial charge in [-0.3, -0.25) is 4.79 Å². The molecule has 1 aliphatic heterocycles. The zero-order valence-electron chi connectivity index (χ0n) is 15.3. The summed E-state index contributed by atoms with van der Waals surface area (Å²) >= 11 is 1.52. The fourth-order valence-corrected chi connectivity index (χ4v) is 4.40. The molecular formula is C23H16N2O3S. The Morgan fingerprint density at radius 3 is 2.76 bits per heavy atom. The van der Waals surface area contributed by atoms with Gasteiger partial charge in [0.25, 0.3) is 0 Å². The van der Waals surface area contributed by atoms with Crippen LogP contribution in [0, 0.1) is 0 Å². The monoisotopic (exact) mass is 400 g/mol. The molecule has 1 aromatic heterocycles. The van der Waals surface area contributed by atoms with Crippen LogP contribution in [0.25, 0.3) is 21.3 Å². The first-order chi connectivity index (χ1) is 14.2. The van der Waals surface area contributed by atoms with E-state index < -0.39 is 0 Å². The van der Waals surface area contributed by atoms with E-state index in [2.05, 4.69) is 28.5 Å². The van der Waals surface area contributed by atoms with Crippen molar-refractivity contribution in [1.82, 2.24) is 4.98 Å². The lowest BCUT2D eigenvalue weighted by molar-refractivity contribution is -0.115. The number of thiazole rings is 1. The molecule has 0 saturated heterocycles. The molecule has 3 aromatic carbocycles. The molecule has 0 unspecified atom stereocenters. The Balaban J connectivity index is 1.33. The molecule has 142 valence electrons. The first-order valence-corrected chi connectivity index (χ1v) is 10.0. The number of nitrogens with zero attached hydrogens (tertiary/aromatic N) is 1. The molecule has 29 heavy (non-hydrogen) atoms. The van der Waals surface area contributed by atoms with Crippen LogP contribution in [0.15, 0.2) is 66.7 Å². The molecule has 0 atom stereocenters. The summed E-state index contributed by atoms with van der Waals surface area (Å²) in [5, 5.41) is 3.60. The fraction of sp³-hybridized carbons (Fsp3) is 0.0870. The molecule has 6 heteroatoms. The Labute approximate surface area is 171 Å². The van der Waals surface area contributed by atoms with Gasteiger partial charge in [-0.25, -0.2) is 9.78 Å². The van der Waals surface area contributed by atoms with E-state index in [9.17, 15) is 9.59 Å². The van der Waals surface area contributed by atoms with Crippen molar-refractivity contribution in [3.05, 3.63) is 82.9 Å². The Kier molecular flexibility index (Phi) is 4.33. The van der Waals surface area contributed by atoms with E-state index in [0.717, 1.165) is 31.9 Å². The zero-order valence-corrected chi connectivity index (χ0v) is 16.2. The maximum atomic E-state index is 12.5. The SMILES string of the molecule is O=C(Cc1nc2ccc(-c3ccccc3)cc2s1)Nc1ccc2c(c1)C(=O)OC2. The predicted molar refractivity (Wildman–Crippen MR) is 113 cm³/mol. The second kappa shape index (κ2) is 7.14. The molecule has 1 N–H and O–H groups in total. The normalized spacial score (nSPS) is 12.6. The van der Waals surface area contributed by atoms with Crippen LogP contribution in [0.3, 0.4) is 0 Å². The van der Waals surface area contributed by atoms with Crippen molar-refractivity contribution in [3.8, 4) is 11.1 Å². The molecule has 1 amide bonds. The van der Waals surface area contributed by atoms with E-state index in [4.69, 9.17) is 4.74 Å². The summed E-state index contributed by atoms with van der Waals surface area (Å²) in [5.74, 6) is -0.518. The highest BCUT2D eigenvalue weighted by Gasteiger charge is 2.21. The number of rotatable bonds is 4. The van der Waals surface area contributed by atoms with Gasteiger partial charge >= 0.3 is 5.97 Å². The first-order valence-electron chi connectivity index (χ1n) is 9.20. The van der Waals surface area contributed by atoms with Crippen LogP contribution in [0.1, 0.15) is 20.9 Å². The quantitative estimate of drug-likeness (QED) is 0.499. The molecular weight excluding hydrogens is 384 g/mol. The van der Waals surface area contributed by atoms with Gasteiger partial charge in [-0.15, -0.1) is 11.3 Å². The average Bonchev–Trinajstić information content (AvgIpc) is 3.30. The van der Waals surface area contributed by atoms with Crippen molar-refractivity contribution in [3.63, 3.8) is 0 Å². The Morgan fingerprint density at radius 2 is 1.90 bits per heavy atom. The number of benzene rings is 3. The number of aromatic nitrogens is 1. The van der Waals surface area contributed by atoms with E-state index >= 15 is 0 Å². The molecule has 2 heterocycles. The Morgan fingerprint density at radius 1 is 1.03 bits per heavy atom. The number of ether oxygens (including phenoxy) is 1. The number of anilines is 1. The van der Waals surface area contributed by atoms with Gasteiger partial charge in [-0.2, -0.15) is 0 Å². The van der Waals surface area contributed by atoms with Crippen LogP contribution >= 0.6 is 11.3 Å². The number of amides is 1. The Hall–Kier alpha value is -3.51. The molecule has 5 nitrogen and oxygen atoms in total. The number of hydrogen-bond acceptors (Lipinski definition) is 5. The lowest BCUT2D eigenvalue weighted by Gasteiger charge is -2.05. The van der Waals surface area contributed by atoms with Crippen molar-refractivity contribution in [2.24, 2.45) is 0 Å². The Bertz CT molecular complexity index is 1250. The first kappa shape index (κ1) is 17.6.